The van der Waals surface area contributed by atoms with Crippen molar-refractivity contribution in [2.45, 2.75) is 13.1 Å². The van der Waals surface area contributed by atoms with Crippen LogP contribution in [0.4, 0.5) is 13.2 Å². The number of carboxylic acids is 1. The minimum absolute atomic E-state index is 0.208. The smallest absolute Gasteiger partial charge is 0.419 e. The SMILES string of the molecule is Cc1ccc(-c2cn3cc(C(=O)O)c(C(F)(F)F)c3c(=O)[nH]2)cc1Cl. The van der Waals surface area contributed by atoms with Crippen LogP contribution >= 0.6 is 11.6 Å². The summed E-state index contributed by atoms with van der Waals surface area (Å²) >= 11 is 6.03. The number of nitrogens with zero attached hydrogens (tertiary/aromatic N) is 1. The van der Waals surface area contributed by atoms with Gasteiger partial charge in [0.25, 0.3) is 5.56 Å². The predicted octanol–water partition coefficient (Wildman–Crippen LogP) is 3.97. The normalized spacial score (nSPS) is 11.9. The minimum atomic E-state index is -4.98. The largest absolute Gasteiger partial charge is 0.478 e. The Hall–Kier alpha value is -2.74. The van der Waals surface area contributed by atoms with Crippen LogP contribution < -0.4 is 5.56 Å². The Balaban J connectivity index is 2.33. The molecule has 0 unspecified atom stereocenters. The number of halogens is 4. The summed E-state index contributed by atoms with van der Waals surface area (Å²) in [7, 11) is 0. The maximum Gasteiger partial charge on any atom is 0.419 e. The van der Waals surface area contributed by atoms with Crippen LogP contribution in [0.5, 0.6) is 0 Å². The van der Waals surface area contributed by atoms with Gasteiger partial charge in [0, 0.05) is 23.0 Å². The van der Waals surface area contributed by atoms with E-state index in [2.05, 4.69) is 4.98 Å². The number of hydrogen-bond acceptors (Lipinski definition) is 2. The van der Waals surface area contributed by atoms with E-state index in [9.17, 15) is 22.8 Å². The van der Waals surface area contributed by atoms with E-state index in [1.54, 1.807) is 25.1 Å². The highest BCUT2D eigenvalue weighted by Gasteiger charge is 2.40. The van der Waals surface area contributed by atoms with E-state index in [0.717, 1.165) is 16.2 Å². The molecule has 0 aliphatic rings. The molecule has 9 heteroatoms. The number of benzene rings is 1. The van der Waals surface area contributed by atoms with E-state index < -0.39 is 34.3 Å². The van der Waals surface area contributed by atoms with Crippen molar-refractivity contribution in [1.82, 2.24) is 9.38 Å². The molecule has 3 rings (SSSR count). The highest BCUT2D eigenvalue weighted by atomic mass is 35.5. The van der Waals surface area contributed by atoms with E-state index in [4.69, 9.17) is 16.7 Å². The first-order chi connectivity index (χ1) is 11.6. The first-order valence-electron chi connectivity index (χ1n) is 6.94. The maximum absolute atomic E-state index is 13.2. The minimum Gasteiger partial charge on any atom is -0.478 e. The van der Waals surface area contributed by atoms with Crippen molar-refractivity contribution in [1.29, 1.82) is 0 Å². The number of aryl methyl sites for hydroxylation is 1. The number of aromatic carboxylic acids is 1. The van der Waals surface area contributed by atoms with E-state index in [1.165, 1.54) is 6.20 Å². The predicted molar refractivity (Wildman–Crippen MR) is 85.2 cm³/mol. The molecule has 0 spiro atoms. The third-order valence-corrected chi connectivity index (χ3v) is 4.17. The highest BCUT2D eigenvalue weighted by Crippen LogP contribution is 2.35. The molecule has 0 aliphatic carbocycles. The number of carboxylic acid groups (broad SMARTS) is 1. The number of H-pyrrole nitrogens is 1. The lowest BCUT2D eigenvalue weighted by atomic mass is 10.1. The first kappa shape index (κ1) is 17.1. The maximum atomic E-state index is 13.2. The van der Waals surface area contributed by atoms with Crippen molar-refractivity contribution in [3.63, 3.8) is 0 Å². The lowest BCUT2D eigenvalue weighted by molar-refractivity contribution is -0.136. The van der Waals surface area contributed by atoms with E-state index in [1.807, 2.05) is 0 Å². The van der Waals surface area contributed by atoms with Crippen LogP contribution in [0.1, 0.15) is 21.5 Å². The summed E-state index contributed by atoms with van der Waals surface area (Å²) < 4.78 is 40.5. The summed E-state index contributed by atoms with van der Waals surface area (Å²) in [5, 5.41) is 9.46. The summed E-state index contributed by atoms with van der Waals surface area (Å²) in [6.45, 7) is 1.78. The molecule has 3 aromatic rings. The Morgan fingerprint density at radius 3 is 2.52 bits per heavy atom. The average Bonchev–Trinajstić information content (AvgIpc) is 2.90. The Bertz CT molecular complexity index is 1070. The zero-order valence-corrected chi connectivity index (χ0v) is 13.4. The molecule has 5 nitrogen and oxygen atoms in total. The lowest BCUT2D eigenvalue weighted by Crippen LogP contribution is -2.17. The molecule has 1 aromatic carbocycles. The fourth-order valence-electron chi connectivity index (χ4n) is 2.57. The van der Waals surface area contributed by atoms with Gasteiger partial charge in [-0.25, -0.2) is 4.79 Å². The monoisotopic (exact) mass is 370 g/mol. The van der Waals surface area contributed by atoms with Crippen LogP contribution in [-0.4, -0.2) is 20.5 Å². The number of fused-ring (bicyclic) bond motifs is 1. The van der Waals surface area contributed by atoms with Gasteiger partial charge in [-0.3, -0.25) is 4.79 Å². The van der Waals surface area contributed by atoms with E-state index >= 15 is 0 Å². The van der Waals surface area contributed by atoms with Gasteiger partial charge in [0.15, 0.2) is 0 Å². The molecule has 0 saturated carbocycles. The Labute approximate surface area is 143 Å². The topological polar surface area (TPSA) is 74.6 Å². The van der Waals surface area contributed by atoms with Gasteiger partial charge < -0.3 is 14.5 Å². The van der Waals surface area contributed by atoms with Crippen LogP contribution in [0, 0.1) is 6.92 Å². The molecule has 0 radical (unpaired) electrons. The van der Waals surface area contributed by atoms with Crippen molar-refractivity contribution in [2.24, 2.45) is 0 Å². The number of nitrogens with one attached hydrogen (secondary N) is 1. The van der Waals surface area contributed by atoms with Gasteiger partial charge in [-0.05, 0) is 18.6 Å². The van der Waals surface area contributed by atoms with Crippen LogP contribution in [-0.2, 0) is 6.18 Å². The Morgan fingerprint density at radius 2 is 1.96 bits per heavy atom. The van der Waals surface area contributed by atoms with Crippen LogP contribution in [0.2, 0.25) is 5.02 Å². The van der Waals surface area contributed by atoms with Gasteiger partial charge in [0.05, 0.1) is 11.3 Å². The summed E-state index contributed by atoms with van der Waals surface area (Å²) in [6.07, 6.45) is -2.99. The Morgan fingerprint density at radius 1 is 1.28 bits per heavy atom. The Kier molecular flexibility index (Phi) is 3.87. The van der Waals surface area contributed by atoms with Gasteiger partial charge in [0.1, 0.15) is 11.1 Å². The van der Waals surface area contributed by atoms with Gasteiger partial charge in [0.2, 0.25) is 0 Å². The van der Waals surface area contributed by atoms with Crippen molar-refractivity contribution in [3.05, 3.63) is 62.7 Å². The molecule has 0 aliphatic heterocycles. The van der Waals surface area contributed by atoms with Crippen molar-refractivity contribution >= 4 is 23.1 Å². The molecule has 0 fully saturated rings. The van der Waals surface area contributed by atoms with Gasteiger partial charge in [-0.1, -0.05) is 23.7 Å². The molecular formula is C16H10ClF3N2O3. The number of carbonyl (C=O) groups is 1. The fourth-order valence-corrected chi connectivity index (χ4v) is 2.75. The van der Waals surface area contributed by atoms with Crippen molar-refractivity contribution < 1.29 is 23.1 Å². The van der Waals surface area contributed by atoms with Crippen LogP contribution in [0.15, 0.2) is 35.4 Å². The molecule has 0 saturated heterocycles. The summed E-state index contributed by atoms with van der Waals surface area (Å²) in [5.41, 5.74) is -2.80. The molecule has 2 N–H and O–H groups in total. The molecule has 0 atom stereocenters. The number of alkyl halides is 3. The summed E-state index contributed by atoms with van der Waals surface area (Å²) in [4.78, 5) is 25.7. The van der Waals surface area contributed by atoms with Crippen LogP contribution in [0.25, 0.3) is 16.8 Å². The molecular weight excluding hydrogens is 361 g/mol. The zero-order chi connectivity index (χ0) is 18.5. The molecule has 0 bridgehead atoms. The quantitative estimate of drug-likeness (QED) is 0.716. The molecule has 2 aromatic heterocycles. The van der Waals surface area contributed by atoms with E-state index in [0.29, 0.717) is 10.6 Å². The van der Waals surface area contributed by atoms with Crippen molar-refractivity contribution in [2.75, 3.05) is 0 Å². The standard InChI is InChI=1S/C16H10ClF3N2O3/c1-7-2-3-8(4-10(7)17)11-6-22-5-9(15(24)25)12(16(18,19)20)13(22)14(23)21-11/h2-6H,1H3,(H,21,23)(H,24,25). The number of hydrogen-bond donors (Lipinski definition) is 2. The van der Waals surface area contributed by atoms with E-state index in [-0.39, 0.29) is 5.69 Å². The number of aromatic nitrogens is 2. The van der Waals surface area contributed by atoms with Gasteiger partial charge in [-0.15, -0.1) is 0 Å². The van der Waals surface area contributed by atoms with Gasteiger partial charge >= 0.3 is 12.1 Å². The van der Waals surface area contributed by atoms with Crippen molar-refractivity contribution in [3.8, 4) is 11.3 Å². The highest BCUT2D eigenvalue weighted by molar-refractivity contribution is 6.31. The molecule has 0 amide bonds. The third kappa shape index (κ3) is 2.89. The van der Waals surface area contributed by atoms with Crippen LogP contribution in [0.3, 0.4) is 0 Å². The third-order valence-electron chi connectivity index (χ3n) is 3.76. The average molecular weight is 371 g/mol. The molecule has 25 heavy (non-hydrogen) atoms. The number of aromatic amines is 1. The fraction of sp³-hybridized carbons (Fsp3) is 0.125. The lowest BCUT2D eigenvalue weighted by Gasteiger charge is -2.08. The van der Waals surface area contributed by atoms with Gasteiger partial charge in [-0.2, -0.15) is 13.2 Å². The second kappa shape index (κ2) is 5.66. The first-order valence-corrected chi connectivity index (χ1v) is 7.32. The second-order valence-corrected chi connectivity index (χ2v) is 5.84. The molecule has 130 valence electrons. The number of rotatable bonds is 2. The molecule has 2 heterocycles. The summed E-state index contributed by atoms with van der Waals surface area (Å²) in [5.74, 6) is -1.77. The second-order valence-electron chi connectivity index (χ2n) is 5.44. The zero-order valence-electron chi connectivity index (χ0n) is 12.6. The summed E-state index contributed by atoms with van der Waals surface area (Å²) in [6, 6.07) is 4.89.